The molecule has 0 aromatic rings. The molecule has 22 heavy (non-hydrogen) atoms. The molecule has 0 aliphatic carbocycles. The first-order valence-electron chi connectivity index (χ1n) is 7.56. The molecule has 119 valence electrons. The summed E-state index contributed by atoms with van der Waals surface area (Å²) in [4.78, 5) is 27.8. The zero-order valence-corrected chi connectivity index (χ0v) is 13.4. The van der Waals surface area contributed by atoms with Crippen molar-refractivity contribution in [1.82, 2.24) is 9.80 Å². The molecule has 2 amide bonds. The highest BCUT2D eigenvalue weighted by Gasteiger charge is 2.32. The Morgan fingerprint density at radius 2 is 2.00 bits per heavy atom. The van der Waals surface area contributed by atoms with E-state index in [4.69, 9.17) is 5.02 Å². The Morgan fingerprint density at radius 1 is 1.41 bits per heavy atom. The molecule has 2 rings (SSSR count). The van der Waals surface area contributed by atoms with Crippen LogP contribution in [0.2, 0.25) is 6.82 Å². The van der Waals surface area contributed by atoms with Crippen molar-refractivity contribution < 1.29 is 14.6 Å². The number of rotatable bonds is 3. The molecule has 2 fully saturated rings. The van der Waals surface area contributed by atoms with E-state index in [1.165, 1.54) is 0 Å². The Bertz CT molecular complexity index is 480. The maximum absolute atomic E-state index is 12.2. The fraction of sp³-hybridized carbons (Fsp3) is 0.500. The first kappa shape index (κ1) is 18.2. The predicted octanol–water partition coefficient (Wildman–Crippen LogP) is 1.16. The zero-order chi connectivity index (χ0) is 16.5. The monoisotopic (exact) mass is 303 g/mol. The Hall–Kier alpha value is -1.82. The molecule has 2 aliphatic rings. The summed E-state index contributed by atoms with van der Waals surface area (Å²) in [6.07, 6.45) is 7.40. The third-order valence-electron chi connectivity index (χ3n) is 3.64. The van der Waals surface area contributed by atoms with Crippen LogP contribution < -0.4 is 0 Å². The molecule has 2 saturated heterocycles. The Balaban J connectivity index is 0.000000745. The second-order valence-corrected chi connectivity index (χ2v) is 5.14. The Kier molecular flexibility index (Phi) is 7.67. The van der Waals surface area contributed by atoms with Crippen LogP contribution in [0.1, 0.15) is 19.8 Å². The van der Waals surface area contributed by atoms with Crippen LogP contribution in [0.25, 0.3) is 0 Å². The van der Waals surface area contributed by atoms with E-state index in [2.05, 4.69) is 6.58 Å². The molecule has 0 atom stereocenters. The van der Waals surface area contributed by atoms with Gasteiger partial charge in [-0.2, -0.15) is 0 Å². The van der Waals surface area contributed by atoms with Crippen LogP contribution >= 0.6 is 0 Å². The van der Waals surface area contributed by atoms with Crippen molar-refractivity contribution in [2.45, 2.75) is 26.6 Å². The third kappa shape index (κ3) is 4.60. The van der Waals surface area contributed by atoms with E-state index < -0.39 is 0 Å². The van der Waals surface area contributed by atoms with Crippen molar-refractivity contribution in [2.24, 2.45) is 0 Å². The maximum Gasteiger partial charge on any atom is 0.283 e. The average Bonchev–Trinajstić information content (AvgIpc) is 3.12. The van der Waals surface area contributed by atoms with Crippen LogP contribution in [0, 0.1) is 0 Å². The summed E-state index contributed by atoms with van der Waals surface area (Å²) >= 11 is 0. The van der Waals surface area contributed by atoms with Gasteiger partial charge < -0.3 is 14.8 Å². The summed E-state index contributed by atoms with van der Waals surface area (Å²) in [6, 6.07) is 0. The highest BCUT2D eigenvalue weighted by Crippen LogP contribution is 2.23. The van der Waals surface area contributed by atoms with Gasteiger partial charge in [0.05, 0.1) is 0 Å². The molecule has 2 heterocycles. The Labute approximate surface area is 133 Å². The lowest BCUT2D eigenvalue weighted by Gasteiger charge is -2.20. The van der Waals surface area contributed by atoms with E-state index in [0.29, 0.717) is 12.1 Å². The number of hydrogen-bond donors (Lipinski definition) is 1. The van der Waals surface area contributed by atoms with E-state index in [9.17, 15) is 9.59 Å². The molecule has 0 saturated carbocycles. The molecule has 0 aromatic carbocycles. The van der Waals surface area contributed by atoms with Gasteiger partial charge in [0.25, 0.3) is 13.4 Å². The summed E-state index contributed by atoms with van der Waals surface area (Å²) in [7, 11) is 1.00. The van der Waals surface area contributed by atoms with E-state index in [1.54, 1.807) is 23.9 Å². The van der Waals surface area contributed by atoms with E-state index >= 15 is 0 Å². The fourth-order valence-corrected chi connectivity index (χ4v) is 2.57. The second kappa shape index (κ2) is 9.25. The maximum atomic E-state index is 12.2. The molecule has 0 aromatic heterocycles. The minimum Gasteiger partial charge on any atom is -0.455 e. The molecule has 5 nitrogen and oxygen atoms in total. The summed E-state index contributed by atoms with van der Waals surface area (Å²) in [5.41, 5.74) is 1.63. The van der Waals surface area contributed by atoms with Crippen molar-refractivity contribution >= 4 is 19.3 Å². The molecule has 0 bridgehead atoms. The highest BCUT2D eigenvalue weighted by atomic mass is 16.2. The lowest BCUT2D eigenvalue weighted by atomic mass is 10.1. The van der Waals surface area contributed by atoms with Crippen LogP contribution in [0.3, 0.4) is 0 Å². The van der Waals surface area contributed by atoms with Crippen LogP contribution in [-0.2, 0) is 9.59 Å². The number of nitrogens with zero attached hydrogens (tertiary/aromatic N) is 2. The van der Waals surface area contributed by atoms with Crippen molar-refractivity contribution in [3.8, 4) is 0 Å². The molecule has 0 unspecified atom stereocenters. The molecule has 6 heteroatoms. The number of hydrogen-bond acceptors (Lipinski definition) is 3. The number of carbonyl (C=O) groups is 2. The lowest BCUT2D eigenvalue weighted by molar-refractivity contribution is -0.136. The fourth-order valence-electron chi connectivity index (χ4n) is 2.57. The van der Waals surface area contributed by atoms with Gasteiger partial charge in [0.2, 0.25) is 5.91 Å². The van der Waals surface area contributed by atoms with Crippen LogP contribution in [0.15, 0.2) is 36.0 Å². The van der Waals surface area contributed by atoms with Crippen molar-refractivity contribution in [3.05, 3.63) is 36.0 Å². The lowest BCUT2D eigenvalue weighted by Crippen LogP contribution is -2.39. The minimum absolute atomic E-state index is 0.0566. The molecule has 0 spiro atoms. The van der Waals surface area contributed by atoms with Crippen LogP contribution in [0.4, 0.5) is 0 Å². The van der Waals surface area contributed by atoms with E-state index in [-0.39, 0.29) is 18.4 Å². The van der Waals surface area contributed by atoms with Gasteiger partial charge in [-0.3, -0.25) is 9.59 Å². The van der Waals surface area contributed by atoms with Gasteiger partial charge in [0.15, 0.2) is 0 Å². The van der Waals surface area contributed by atoms with Gasteiger partial charge in [0.1, 0.15) is 6.54 Å². The number of likely N-dealkylation sites (tertiary alicyclic amines) is 2. The summed E-state index contributed by atoms with van der Waals surface area (Å²) in [5.74, 6) is -0.0123. The second-order valence-electron chi connectivity index (χ2n) is 5.14. The first-order valence-corrected chi connectivity index (χ1v) is 7.56. The predicted molar refractivity (Wildman–Crippen MR) is 88.3 cm³/mol. The third-order valence-corrected chi connectivity index (χ3v) is 3.64. The van der Waals surface area contributed by atoms with Gasteiger partial charge in [-0.25, -0.2) is 0 Å². The SMILES string of the molecule is C=C/C=C1/C(=O)N(CC(=O)N2CCCC2)C/C1=C/C.C[B]O. The number of allylic oxidation sites excluding steroid dienone is 3. The highest BCUT2D eigenvalue weighted by molar-refractivity contribution is 6.22. The average molecular weight is 303 g/mol. The zero-order valence-electron chi connectivity index (χ0n) is 13.4. The number of amides is 2. The topological polar surface area (TPSA) is 60.9 Å². The van der Waals surface area contributed by atoms with Gasteiger partial charge >= 0.3 is 0 Å². The van der Waals surface area contributed by atoms with Crippen LogP contribution in [-0.4, -0.2) is 60.3 Å². The Morgan fingerprint density at radius 3 is 2.50 bits per heavy atom. The van der Waals surface area contributed by atoms with Crippen molar-refractivity contribution in [3.63, 3.8) is 0 Å². The number of carbonyl (C=O) groups excluding carboxylic acids is 2. The van der Waals surface area contributed by atoms with Gasteiger partial charge in [-0.1, -0.05) is 25.6 Å². The molecule has 1 N–H and O–H groups in total. The smallest absolute Gasteiger partial charge is 0.283 e. The quantitative estimate of drug-likeness (QED) is 0.628. The van der Waals surface area contributed by atoms with Crippen molar-refractivity contribution in [2.75, 3.05) is 26.2 Å². The molecule has 1 radical (unpaired) electrons. The van der Waals surface area contributed by atoms with Crippen molar-refractivity contribution in [1.29, 1.82) is 0 Å². The van der Waals surface area contributed by atoms with E-state index in [1.807, 2.05) is 17.9 Å². The normalized spacial score (nSPS) is 21.1. The molecular formula is C16H24BN2O3. The standard InChI is InChI=1S/C15H20N2O2.CH4BO/c1-3-7-13-12(4-2)10-17(15(13)19)11-14(18)16-8-5-6-9-16;1-2-3/h3-4,7H,1,5-6,8-11H2,2H3;3H,1H3/b12-4-,13-7+;. The largest absolute Gasteiger partial charge is 0.455 e. The van der Waals surface area contributed by atoms with Gasteiger partial charge in [-0.05, 0) is 31.4 Å². The van der Waals surface area contributed by atoms with Crippen LogP contribution in [0.5, 0.6) is 0 Å². The van der Waals surface area contributed by atoms with Gasteiger partial charge in [0, 0.05) is 25.2 Å². The molecule has 2 aliphatic heterocycles. The summed E-state index contributed by atoms with van der Waals surface area (Å²) in [5, 5.41) is 7.44. The van der Waals surface area contributed by atoms with Gasteiger partial charge in [-0.15, -0.1) is 0 Å². The summed E-state index contributed by atoms with van der Waals surface area (Å²) in [6.45, 7) is 9.45. The first-order chi connectivity index (χ1) is 10.6. The molecular weight excluding hydrogens is 279 g/mol. The minimum atomic E-state index is -0.0689. The summed E-state index contributed by atoms with van der Waals surface area (Å²) < 4.78 is 0. The van der Waals surface area contributed by atoms with E-state index in [0.717, 1.165) is 39.0 Å².